The van der Waals surface area contributed by atoms with Crippen LogP contribution in [-0.4, -0.2) is 35.6 Å². The lowest BCUT2D eigenvalue weighted by atomic mass is 9.74. The molecular formula is C26H31N3O2. The summed E-state index contributed by atoms with van der Waals surface area (Å²) in [7, 11) is 0. The number of aromatic nitrogens is 2. The summed E-state index contributed by atoms with van der Waals surface area (Å²) < 4.78 is 5.60. The zero-order valence-corrected chi connectivity index (χ0v) is 18.4. The molecule has 0 atom stereocenters. The van der Waals surface area contributed by atoms with Gasteiger partial charge in [-0.1, -0.05) is 53.6 Å². The quantitative estimate of drug-likeness (QED) is 0.599. The van der Waals surface area contributed by atoms with Crippen LogP contribution in [0.5, 0.6) is 0 Å². The number of rotatable bonds is 7. The van der Waals surface area contributed by atoms with Crippen LogP contribution in [-0.2, 0) is 22.4 Å². The molecule has 1 fully saturated rings. The van der Waals surface area contributed by atoms with Crippen LogP contribution in [0.15, 0.2) is 55.0 Å². The van der Waals surface area contributed by atoms with E-state index in [9.17, 15) is 4.79 Å². The van der Waals surface area contributed by atoms with Gasteiger partial charge in [0.05, 0.1) is 11.7 Å². The van der Waals surface area contributed by atoms with Crippen LogP contribution in [0.1, 0.15) is 35.2 Å². The minimum atomic E-state index is -0.423. The van der Waals surface area contributed by atoms with Crippen LogP contribution in [0.25, 0.3) is 11.1 Å². The van der Waals surface area contributed by atoms with Crippen molar-refractivity contribution in [3.63, 3.8) is 0 Å². The number of aryl methyl sites for hydroxylation is 2. The summed E-state index contributed by atoms with van der Waals surface area (Å²) in [6, 6.07) is 15.3. The number of benzene rings is 2. The molecular weight excluding hydrogens is 386 g/mol. The van der Waals surface area contributed by atoms with E-state index in [1.165, 1.54) is 27.8 Å². The first-order valence-electron chi connectivity index (χ1n) is 11.0. The third-order valence-electron chi connectivity index (χ3n) is 6.19. The van der Waals surface area contributed by atoms with Crippen molar-refractivity contribution in [2.24, 2.45) is 5.41 Å². The Balaban J connectivity index is 1.51. The van der Waals surface area contributed by atoms with E-state index in [4.69, 9.17) is 4.74 Å². The van der Waals surface area contributed by atoms with Crippen molar-refractivity contribution in [3.05, 3.63) is 77.4 Å². The van der Waals surface area contributed by atoms with Gasteiger partial charge in [0.2, 0.25) is 5.91 Å². The Morgan fingerprint density at radius 1 is 1.10 bits per heavy atom. The molecule has 1 aromatic heterocycles. The first-order valence-corrected chi connectivity index (χ1v) is 11.0. The van der Waals surface area contributed by atoms with Crippen molar-refractivity contribution in [1.82, 2.24) is 15.3 Å². The van der Waals surface area contributed by atoms with Gasteiger partial charge in [0, 0.05) is 38.1 Å². The molecule has 5 heteroatoms. The predicted octanol–water partition coefficient (Wildman–Crippen LogP) is 4.39. The molecule has 0 saturated carbocycles. The molecule has 5 nitrogen and oxygen atoms in total. The van der Waals surface area contributed by atoms with E-state index in [0.717, 1.165) is 31.4 Å². The zero-order valence-electron chi connectivity index (χ0n) is 18.4. The van der Waals surface area contributed by atoms with Gasteiger partial charge in [0.25, 0.3) is 0 Å². The first kappa shape index (κ1) is 21.3. The van der Waals surface area contributed by atoms with Gasteiger partial charge in [0.15, 0.2) is 0 Å². The van der Waals surface area contributed by atoms with E-state index in [1.807, 2.05) is 0 Å². The molecule has 1 saturated heterocycles. The lowest BCUT2D eigenvalue weighted by molar-refractivity contribution is -0.136. The van der Waals surface area contributed by atoms with E-state index in [0.29, 0.717) is 19.8 Å². The molecule has 4 rings (SSSR count). The molecule has 2 heterocycles. The Morgan fingerprint density at radius 3 is 2.58 bits per heavy atom. The Labute approximate surface area is 184 Å². The highest BCUT2D eigenvalue weighted by molar-refractivity contribution is 5.83. The predicted molar refractivity (Wildman–Crippen MR) is 123 cm³/mol. The fourth-order valence-corrected chi connectivity index (χ4v) is 4.56. The standard InChI is InChI=1S/C26H31N3O2/c1-19-12-20(2)14-23(13-19)22-5-3-4-21(15-22)16-26(7-10-31-11-8-26)25(30)28-9-6-24-17-27-18-29-24/h3-5,12-15,17-18H,6-11,16H2,1-2H3,(H,27,29)(H,28,30). The van der Waals surface area contributed by atoms with Crippen LogP contribution >= 0.6 is 0 Å². The highest BCUT2D eigenvalue weighted by atomic mass is 16.5. The molecule has 0 radical (unpaired) electrons. The van der Waals surface area contributed by atoms with Gasteiger partial charge in [0.1, 0.15) is 0 Å². The van der Waals surface area contributed by atoms with Crippen molar-refractivity contribution in [3.8, 4) is 11.1 Å². The minimum absolute atomic E-state index is 0.132. The number of H-pyrrole nitrogens is 1. The maximum Gasteiger partial charge on any atom is 0.226 e. The van der Waals surface area contributed by atoms with Gasteiger partial charge < -0.3 is 15.0 Å². The number of nitrogens with zero attached hydrogens (tertiary/aromatic N) is 1. The van der Waals surface area contributed by atoms with E-state index >= 15 is 0 Å². The van der Waals surface area contributed by atoms with Crippen molar-refractivity contribution < 1.29 is 9.53 Å². The lowest BCUT2D eigenvalue weighted by Crippen LogP contribution is -2.46. The van der Waals surface area contributed by atoms with Gasteiger partial charge in [-0.25, -0.2) is 4.98 Å². The molecule has 2 N–H and O–H groups in total. The molecule has 0 unspecified atom stereocenters. The van der Waals surface area contributed by atoms with Crippen LogP contribution < -0.4 is 5.32 Å². The Bertz CT molecular complexity index is 1000. The van der Waals surface area contributed by atoms with E-state index < -0.39 is 5.41 Å². The Hall–Kier alpha value is -2.92. The number of imidazole rings is 1. The normalized spacial score (nSPS) is 15.5. The molecule has 2 aromatic carbocycles. The summed E-state index contributed by atoms with van der Waals surface area (Å²) in [6.07, 6.45) is 6.44. The molecule has 162 valence electrons. The second-order valence-corrected chi connectivity index (χ2v) is 8.73. The largest absolute Gasteiger partial charge is 0.381 e. The summed E-state index contributed by atoms with van der Waals surface area (Å²) >= 11 is 0. The highest BCUT2D eigenvalue weighted by Gasteiger charge is 2.39. The molecule has 1 amide bonds. The lowest BCUT2D eigenvalue weighted by Gasteiger charge is -2.36. The van der Waals surface area contributed by atoms with Gasteiger partial charge in [-0.3, -0.25) is 4.79 Å². The van der Waals surface area contributed by atoms with Crippen molar-refractivity contribution in [2.75, 3.05) is 19.8 Å². The fraction of sp³-hybridized carbons (Fsp3) is 0.385. The Kier molecular flexibility index (Phi) is 6.52. The van der Waals surface area contributed by atoms with E-state index in [1.54, 1.807) is 12.5 Å². The number of nitrogens with one attached hydrogen (secondary N) is 2. The second-order valence-electron chi connectivity index (χ2n) is 8.73. The number of hydrogen-bond donors (Lipinski definition) is 2. The summed E-state index contributed by atoms with van der Waals surface area (Å²) in [6.45, 7) is 6.12. The number of ether oxygens (including phenoxy) is 1. The number of hydrogen-bond acceptors (Lipinski definition) is 3. The van der Waals surface area contributed by atoms with Crippen molar-refractivity contribution in [2.45, 2.75) is 39.5 Å². The van der Waals surface area contributed by atoms with Crippen molar-refractivity contribution >= 4 is 5.91 Å². The monoisotopic (exact) mass is 417 g/mol. The van der Waals surface area contributed by atoms with E-state index in [2.05, 4.69) is 71.6 Å². The highest BCUT2D eigenvalue weighted by Crippen LogP contribution is 2.36. The third kappa shape index (κ3) is 5.23. The second kappa shape index (κ2) is 9.48. The summed E-state index contributed by atoms with van der Waals surface area (Å²) in [4.78, 5) is 20.4. The molecule has 0 bridgehead atoms. The van der Waals surface area contributed by atoms with Gasteiger partial charge in [-0.15, -0.1) is 0 Å². The van der Waals surface area contributed by atoms with Crippen LogP contribution in [0.3, 0.4) is 0 Å². The number of carbonyl (C=O) groups excluding carboxylic acids is 1. The average Bonchev–Trinajstić information content (AvgIpc) is 3.27. The Morgan fingerprint density at radius 2 is 1.87 bits per heavy atom. The van der Waals surface area contributed by atoms with Gasteiger partial charge >= 0.3 is 0 Å². The average molecular weight is 418 g/mol. The number of amides is 1. The van der Waals surface area contributed by atoms with E-state index in [-0.39, 0.29) is 5.91 Å². The number of aromatic amines is 1. The van der Waals surface area contributed by atoms with Crippen LogP contribution in [0, 0.1) is 19.3 Å². The van der Waals surface area contributed by atoms with Crippen LogP contribution in [0.2, 0.25) is 0 Å². The van der Waals surface area contributed by atoms with Crippen molar-refractivity contribution in [1.29, 1.82) is 0 Å². The van der Waals surface area contributed by atoms with Gasteiger partial charge in [-0.2, -0.15) is 0 Å². The fourth-order valence-electron chi connectivity index (χ4n) is 4.56. The molecule has 0 spiro atoms. The summed E-state index contributed by atoms with van der Waals surface area (Å²) in [5, 5.41) is 3.17. The summed E-state index contributed by atoms with van der Waals surface area (Å²) in [5.74, 6) is 0.132. The molecule has 0 aliphatic carbocycles. The van der Waals surface area contributed by atoms with Crippen LogP contribution in [0.4, 0.5) is 0 Å². The molecule has 3 aromatic rings. The molecule has 31 heavy (non-hydrogen) atoms. The maximum absolute atomic E-state index is 13.3. The smallest absolute Gasteiger partial charge is 0.226 e. The topological polar surface area (TPSA) is 67.0 Å². The number of carbonyl (C=O) groups is 1. The maximum atomic E-state index is 13.3. The zero-order chi connectivity index (χ0) is 21.7. The third-order valence-corrected chi connectivity index (χ3v) is 6.19. The SMILES string of the molecule is Cc1cc(C)cc(-c2cccc(CC3(C(=O)NCCc4cnc[nH]4)CCOCC3)c2)c1. The first-order chi connectivity index (χ1) is 15.0. The molecule has 1 aliphatic heterocycles. The van der Waals surface area contributed by atoms with Gasteiger partial charge in [-0.05, 0) is 49.8 Å². The summed E-state index contributed by atoms with van der Waals surface area (Å²) in [5.41, 5.74) is 6.75. The minimum Gasteiger partial charge on any atom is -0.381 e. The molecule has 1 aliphatic rings.